The number of benzene rings is 1. The molecule has 0 aliphatic rings. The second kappa shape index (κ2) is 3.20. The summed E-state index contributed by atoms with van der Waals surface area (Å²) < 4.78 is 17.5. The maximum Gasteiger partial charge on any atom is 0.165 e. The minimum absolute atomic E-state index is 0.251. The topological polar surface area (TPSA) is 9.23 Å². The predicted octanol–water partition coefficient (Wildman–Crippen LogP) is 2.04. The van der Waals surface area contributed by atoms with Gasteiger partial charge in [0.25, 0.3) is 0 Å². The molecule has 1 nitrogen and oxygen atoms in total. The number of rotatable bonds is 2. The lowest BCUT2D eigenvalue weighted by atomic mass is 10.3. The summed E-state index contributed by atoms with van der Waals surface area (Å²) in [6.45, 7) is 3.68. The van der Waals surface area contributed by atoms with Crippen molar-refractivity contribution in [3.8, 4) is 5.75 Å². The van der Waals surface area contributed by atoms with E-state index in [1.54, 1.807) is 18.2 Å². The summed E-state index contributed by atoms with van der Waals surface area (Å²) >= 11 is 0. The Morgan fingerprint density at radius 3 is 2.70 bits per heavy atom. The van der Waals surface area contributed by atoms with E-state index >= 15 is 0 Å². The van der Waals surface area contributed by atoms with Crippen molar-refractivity contribution in [2.24, 2.45) is 0 Å². The van der Waals surface area contributed by atoms with E-state index in [0.717, 1.165) is 0 Å². The van der Waals surface area contributed by atoms with Crippen molar-refractivity contribution in [1.82, 2.24) is 0 Å². The Labute approximate surface area is 59.4 Å². The van der Waals surface area contributed by atoms with E-state index in [1.807, 2.05) is 0 Å². The average molecular weight is 139 g/mol. The van der Waals surface area contributed by atoms with E-state index in [1.165, 1.54) is 6.07 Å². The zero-order chi connectivity index (χ0) is 7.40. The highest BCUT2D eigenvalue weighted by Gasteiger charge is 1.97. The molecule has 0 N–H and O–H groups in total. The Morgan fingerprint density at radius 2 is 2.10 bits per heavy atom. The summed E-state index contributed by atoms with van der Waals surface area (Å²) in [7, 11) is 0. The third-order valence-electron chi connectivity index (χ3n) is 1.09. The second-order valence-corrected chi connectivity index (χ2v) is 1.78. The summed E-state index contributed by atoms with van der Waals surface area (Å²) in [5, 5.41) is 0. The molecule has 0 bridgehead atoms. The van der Waals surface area contributed by atoms with Crippen LogP contribution in [0, 0.1) is 12.7 Å². The molecule has 0 heterocycles. The Bertz CT molecular complexity index is 210. The predicted molar refractivity (Wildman–Crippen MR) is 37.3 cm³/mol. The van der Waals surface area contributed by atoms with Gasteiger partial charge >= 0.3 is 0 Å². The van der Waals surface area contributed by atoms with Gasteiger partial charge in [0.2, 0.25) is 0 Å². The zero-order valence-corrected chi connectivity index (χ0v) is 5.51. The molecule has 0 saturated heterocycles. The van der Waals surface area contributed by atoms with Crippen LogP contribution in [0.25, 0.3) is 0 Å². The van der Waals surface area contributed by atoms with Crippen LogP contribution in [0.5, 0.6) is 5.75 Å². The molecule has 0 aromatic heterocycles. The fourth-order valence-electron chi connectivity index (χ4n) is 0.672. The van der Waals surface area contributed by atoms with E-state index in [0.29, 0.717) is 0 Å². The van der Waals surface area contributed by atoms with Crippen LogP contribution < -0.4 is 4.74 Å². The van der Waals surface area contributed by atoms with Crippen LogP contribution in [0.2, 0.25) is 0 Å². The summed E-state index contributed by atoms with van der Waals surface area (Å²) in [5.41, 5.74) is 0. The Balaban J connectivity index is 2.81. The number of hydrogen-bond acceptors (Lipinski definition) is 1. The first-order valence-electron chi connectivity index (χ1n) is 3.01. The SMILES string of the molecule is [CH2]COc1ccccc1F. The normalized spacial score (nSPS) is 9.40. The minimum Gasteiger partial charge on any atom is -0.491 e. The van der Waals surface area contributed by atoms with Gasteiger partial charge in [0, 0.05) is 0 Å². The van der Waals surface area contributed by atoms with Crippen molar-refractivity contribution in [3.63, 3.8) is 0 Å². The van der Waals surface area contributed by atoms with Crippen molar-refractivity contribution < 1.29 is 9.13 Å². The van der Waals surface area contributed by atoms with Crippen LogP contribution in [0.15, 0.2) is 24.3 Å². The van der Waals surface area contributed by atoms with Crippen LogP contribution in [0.3, 0.4) is 0 Å². The molecular formula is C8H8FO. The summed E-state index contributed by atoms with van der Waals surface area (Å²) in [4.78, 5) is 0. The van der Waals surface area contributed by atoms with E-state index in [-0.39, 0.29) is 18.2 Å². The van der Waals surface area contributed by atoms with Gasteiger partial charge in [0.05, 0.1) is 6.61 Å². The fraction of sp³-hybridized carbons (Fsp3) is 0.125. The van der Waals surface area contributed by atoms with Crippen LogP contribution in [-0.2, 0) is 0 Å². The molecule has 1 rings (SSSR count). The van der Waals surface area contributed by atoms with Crippen molar-refractivity contribution in [2.75, 3.05) is 6.61 Å². The number of ether oxygens (including phenoxy) is 1. The van der Waals surface area contributed by atoms with Gasteiger partial charge in [-0.2, -0.15) is 0 Å². The first-order valence-corrected chi connectivity index (χ1v) is 3.01. The maximum absolute atomic E-state index is 12.6. The van der Waals surface area contributed by atoms with Crippen molar-refractivity contribution in [2.45, 2.75) is 0 Å². The molecule has 2 heteroatoms. The van der Waals surface area contributed by atoms with Gasteiger partial charge in [-0.3, -0.25) is 0 Å². The molecule has 0 unspecified atom stereocenters. The van der Waals surface area contributed by atoms with E-state index in [2.05, 4.69) is 6.92 Å². The highest BCUT2D eigenvalue weighted by molar-refractivity contribution is 5.23. The first kappa shape index (κ1) is 7.06. The summed E-state index contributed by atoms with van der Waals surface area (Å²) in [6.07, 6.45) is 0. The highest BCUT2D eigenvalue weighted by Crippen LogP contribution is 2.14. The average Bonchev–Trinajstić information content (AvgIpc) is 1.94. The van der Waals surface area contributed by atoms with Gasteiger partial charge in [-0.05, 0) is 19.1 Å². The molecule has 0 saturated carbocycles. The first-order chi connectivity index (χ1) is 4.84. The molecule has 0 amide bonds. The van der Waals surface area contributed by atoms with Crippen LogP contribution in [0.4, 0.5) is 4.39 Å². The van der Waals surface area contributed by atoms with E-state index < -0.39 is 0 Å². The fourth-order valence-corrected chi connectivity index (χ4v) is 0.672. The Hall–Kier alpha value is -1.05. The van der Waals surface area contributed by atoms with Crippen molar-refractivity contribution in [1.29, 1.82) is 0 Å². The van der Waals surface area contributed by atoms with Crippen LogP contribution in [0.1, 0.15) is 0 Å². The van der Waals surface area contributed by atoms with Crippen molar-refractivity contribution >= 4 is 0 Å². The van der Waals surface area contributed by atoms with E-state index in [9.17, 15) is 4.39 Å². The molecule has 1 radical (unpaired) electrons. The standard InChI is InChI=1S/C8H8FO/c1-2-10-8-6-4-3-5-7(8)9/h3-6H,1-2H2. The smallest absolute Gasteiger partial charge is 0.165 e. The van der Waals surface area contributed by atoms with Gasteiger partial charge in [-0.25, -0.2) is 4.39 Å². The lowest BCUT2D eigenvalue weighted by molar-refractivity contribution is 0.340. The Kier molecular flexibility index (Phi) is 2.26. The second-order valence-electron chi connectivity index (χ2n) is 1.78. The zero-order valence-electron chi connectivity index (χ0n) is 5.51. The minimum atomic E-state index is -0.342. The van der Waals surface area contributed by atoms with Gasteiger partial charge in [-0.1, -0.05) is 12.1 Å². The quantitative estimate of drug-likeness (QED) is 0.609. The molecule has 0 aliphatic carbocycles. The molecule has 0 fully saturated rings. The number of hydrogen-bond donors (Lipinski definition) is 0. The van der Waals surface area contributed by atoms with Gasteiger partial charge < -0.3 is 4.74 Å². The third kappa shape index (κ3) is 1.47. The van der Waals surface area contributed by atoms with E-state index in [4.69, 9.17) is 4.74 Å². The van der Waals surface area contributed by atoms with Crippen LogP contribution in [-0.4, -0.2) is 6.61 Å². The molecule has 1 aromatic rings. The van der Waals surface area contributed by atoms with Crippen LogP contribution >= 0.6 is 0 Å². The molecule has 53 valence electrons. The molecule has 0 atom stereocenters. The third-order valence-corrected chi connectivity index (χ3v) is 1.09. The van der Waals surface area contributed by atoms with Crippen molar-refractivity contribution in [3.05, 3.63) is 37.0 Å². The molecular weight excluding hydrogens is 131 g/mol. The van der Waals surface area contributed by atoms with Gasteiger partial charge in [0.1, 0.15) is 0 Å². The molecule has 0 spiro atoms. The summed E-state index contributed by atoms with van der Waals surface area (Å²) in [6, 6.07) is 6.25. The lowest BCUT2D eigenvalue weighted by Gasteiger charge is -2.01. The van der Waals surface area contributed by atoms with Gasteiger partial charge in [-0.15, -0.1) is 0 Å². The number of halogens is 1. The Morgan fingerprint density at radius 1 is 1.40 bits per heavy atom. The molecule has 1 aromatic carbocycles. The van der Waals surface area contributed by atoms with Gasteiger partial charge in [0.15, 0.2) is 11.6 Å². The largest absolute Gasteiger partial charge is 0.491 e. The number of para-hydroxylation sites is 1. The highest BCUT2D eigenvalue weighted by atomic mass is 19.1. The lowest BCUT2D eigenvalue weighted by Crippen LogP contribution is -1.93. The maximum atomic E-state index is 12.6. The monoisotopic (exact) mass is 139 g/mol. The molecule has 10 heavy (non-hydrogen) atoms. The molecule has 0 aliphatic heterocycles. The summed E-state index contributed by atoms with van der Waals surface area (Å²) in [5.74, 6) is -0.0800.